The number of hydrogen-bond donors (Lipinski definition) is 2. The lowest BCUT2D eigenvalue weighted by Gasteiger charge is -2.39. The van der Waals surface area contributed by atoms with E-state index in [1.807, 2.05) is 30.3 Å². The summed E-state index contributed by atoms with van der Waals surface area (Å²) in [5.41, 5.74) is 0.952. The molecule has 1 saturated carbocycles. The number of nitrogens with one attached hydrogen (secondary N) is 1. The molecule has 0 bridgehead atoms. The van der Waals surface area contributed by atoms with Crippen LogP contribution in [0, 0.1) is 5.92 Å². The van der Waals surface area contributed by atoms with Crippen molar-refractivity contribution in [3.63, 3.8) is 0 Å². The molecule has 1 saturated heterocycles. The lowest BCUT2D eigenvalue weighted by molar-refractivity contribution is -0.194. The number of aliphatic carboxylic acids is 1. The number of ether oxygens (including phenoxy) is 2. The Morgan fingerprint density at radius 2 is 1.95 bits per heavy atom. The van der Waals surface area contributed by atoms with Crippen LogP contribution in [-0.4, -0.2) is 36.1 Å². The number of hydrogen-bond acceptors (Lipinski definition) is 4. The fourth-order valence-electron chi connectivity index (χ4n) is 3.10. The van der Waals surface area contributed by atoms with Crippen molar-refractivity contribution in [1.82, 2.24) is 0 Å². The van der Waals surface area contributed by atoms with Crippen LogP contribution in [0.25, 0.3) is 0 Å². The molecule has 2 fully saturated rings. The van der Waals surface area contributed by atoms with E-state index in [-0.39, 0.29) is 6.04 Å². The van der Waals surface area contributed by atoms with Crippen LogP contribution in [0.3, 0.4) is 0 Å². The zero-order chi connectivity index (χ0) is 14.0. The predicted octanol–water partition coefficient (Wildman–Crippen LogP) is 2.09. The van der Waals surface area contributed by atoms with Crippen LogP contribution in [0.2, 0.25) is 0 Å². The lowest BCUT2D eigenvalue weighted by Crippen LogP contribution is -2.48. The van der Waals surface area contributed by atoms with E-state index in [2.05, 4.69) is 5.32 Å². The Bertz CT molecular complexity index is 470. The highest BCUT2D eigenvalue weighted by Crippen LogP contribution is 2.40. The summed E-state index contributed by atoms with van der Waals surface area (Å²) in [5, 5.41) is 12.8. The van der Waals surface area contributed by atoms with Crippen LogP contribution in [0.15, 0.2) is 30.3 Å². The summed E-state index contributed by atoms with van der Waals surface area (Å²) < 4.78 is 11.3. The van der Waals surface area contributed by atoms with E-state index in [0.717, 1.165) is 18.5 Å². The SMILES string of the molecule is O=C(O)C1CC2(CCC1Nc1ccccc1)OCCO2. The summed E-state index contributed by atoms with van der Waals surface area (Å²) in [6.45, 7) is 1.12. The van der Waals surface area contributed by atoms with Crippen molar-refractivity contribution < 1.29 is 19.4 Å². The Kier molecular flexibility index (Phi) is 3.63. The highest BCUT2D eigenvalue weighted by molar-refractivity contribution is 5.72. The molecule has 1 aliphatic carbocycles. The maximum absolute atomic E-state index is 11.5. The average Bonchev–Trinajstić information content (AvgIpc) is 2.90. The molecule has 3 rings (SSSR count). The third-order valence-electron chi connectivity index (χ3n) is 4.11. The van der Waals surface area contributed by atoms with Gasteiger partial charge in [-0.2, -0.15) is 0 Å². The highest BCUT2D eigenvalue weighted by Gasteiger charge is 2.47. The largest absolute Gasteiger partial charge is 0.481 e. The first-order chi connectivity index (χ1) is 9.69. The van der Waals surface area contributed by atoms with Gasteiger partial charge >= 0.3 is 5.97 Å². The van der Waals surface area contributed by atoms with Crippen molar-refractivity contribution in [2.24, 2.45) is 5.92 Å². The second kappa shape index (κ2) is 5.42. The molecule has 0 aromatic heterocycles. The number of carboxylic acids is 1. The molecule has 5 nitrogen and oxygen atoms in total. The maximum atomic E-state index is 11.5. The third-order valence-corrected chi connectivity index (χ3v) is 4.11. The normalized spacial score (nSPS) is 28.4. The molecule has 2 N–H and O–H groups in total. The molecule has 2 unspecified atom stereocenters. The quantitative estimate of drug-likeness (QED) is 0.885. The van der Waals surface area contributed by atoms with Gasteiger partial charge in [0.2, 0.25) is 0 Å². The fourth-order valence-corrected chi connectivity index (χ4v) is 3.10. The lowest BCUT2D eigenvalue weighted by atomic mass is 9.80. The van der Waals surface area contributed by atoms with Crippen molar-refractivity contribution in [3.8, 4) is 0 Å². The minimum absolute atomic E-state index is 0.0895. The van der Waals surface area contributed by atoms with Gasteiger partial charge in [-0.05, 0) is 18.6 Å². The first-order valence-corrected chi connectivity index (χ1v) is 7.01. The van der Waals surface area contributed by atoms with E-state index in [1.54, 1.807) is 0 Å². The number of rotatable bonds is 3. The van der Waals surface area contributed by atoms with E-state index in [1.165, 1.54) is 0 Å². The van der Waals surface area contributed by atoms with Gasteiger partial charge in [-0.25, -0.2) is 0 Å². The standard InChI is InChI=1S/C15H19NO4/c17-14(18)12-10-15(19-8-9-20-15)7-6-13(12)16-11-4-2-1-3-5-11/h1-5,12-13,16H,6-10H2,(H,17,18). The van der Waals surface area contributed by atoms with Crippen LogP contribution in [0.1, 0.15) is 19.3 Å². The molecule has 2 aliphatic rings. The van der Waals surface area contributed by atoms with Crippen molar-refractivity contribution in [3.05, 3.63) is 30.3 Å². The topological polar surface area (TPSA) is 67.8 Å². The number of para-hydroxylation sites is 1. The molecule has 0 amide bonds. The molecular formula is C15H19NO4. The summed E-state index contributed by atoms with van der Waals surface area (Å²) in [4.78, 5) is 11.5. The van der Waals surface area contributed by atoms with Crippen molar-refractivity contribution in [2.45, 2.75) is 31.1 Å². The van der Waals surface area contributed by atoms with Crippen LogP contribution in [0.4, 0.5) is 5.69 Å². The summed E-state index contributed by atoms with van der Waals surface area (Å²) in [5.74, 6) is -1.96. The average molecular weight is 277 g/mol. The van der Waals surface area contributed by atoms with Gasteiger partial charge in [0, 0.05) is 24.6 Å². The van der Waals surface area contributed by atoms with Gasteiger partial charge in [-0.3, -0.25) is 4.79 Å². The Balaban J connectivity index is 1.73. The van der Waals surface area contributed by atoms with E-state index in [9.17, 15) is 9.90 Å². The maximum Gasteiger partial charge on any atom is 0.308 e. The van der Waals surface area contributed by atoms with Gasteiger partial charge in [-0.1, -0.05) is 18.2 Å². The summed E-state index contributed by atoms with van der Waals surface area (Å²) in [6.07, 6.45) is 1.87. The van der Waals surface area contributed by atoms with Crippen molar-refractivity contribution >= 4 is 11.7 Å². The summed E-state index contributed by atoms with van der Waals surface area (Å²) in [6, 6.07) is 9.62. The van der Waals surface area contributed by atoms with E-state index < -0.39 is 17.7 Å². The second-order valence-electron chi connectivity index (χ2n) is 5.41. The summed E-state index contributed by atoms with van der Waals surface area (Å²) >= 11 is 0. The zero-order valence-electron chi connectivity index (χ0n) is 11.2. The van der Waals surface area contributed by atoms with Crippen LogP contribution in [0.5, 0.6) is 0 Å². The first-order valence-electron chi connectivity index (χ1n) is 7.01. The van der Waals surface area contributed by atoms with E-state index in [4.69, 9.17) is 9.47 Å². The zero-order valence-corrected chi connectivity index (χ0v) is 11.2. The van der Waals surface area contributed by atoms with Crippen LogP contribution >= 0.6 is 0 Å². The van der Waals surface area contributed by atoms with E-state index in [0.29, 0.717) is 19.6 Å². The van der Waals surface area contributed by atoms with Gasteiger partial charge in [0.15, 0.2) is 5.79 Å². The molecule has 1 aromatic rings. The van der Waals surface area contributed by atoms with Gasteiger partial charge in [-0.15, -0.1) is 0 Å². The smallest absolute Gasteiger partial charge is 0.308 e. The van der Waals surface area contributed by atoms with Crippen molar-refractivity contribution in [2.75, 3.05) is 18.5 Å². The molecule has 1 aromatic carbocycles. The number of anilines is 1. The minimum Gasteiger partial charge on any atom is -0.481 e. The van der Waals surface area contributed by atoms with Gasteiger partial charge in [0.1, 0.15) is 0 Å². The molecule has 1 spiro atoms. The first kappa shape index (κ1) is 13.4. The monoisotopic (exact) mass is 277 g/mol. The molecular weight excluding hydrogens is 258 g/mol. The minimum atomic E-state index is -0.795. The fraction of sp³-hybridized carbons (Fsp3) is 0.533. The predicted molar refractivity (Wildman–Crippen MR) is 73.5 cm³/mol. The Hall–Kier alpha value is -1.59. The molecule has 1 heterocycles. The highest BCUT2D eigenvalue weighted by atomic mass is 16.7. The van der Waals surface area contributed by atoms with Crippen LogP contribution in [-0.2, 0) is 14.3 Å². The molecule has 0 radical (unpaired) electrons. The molecule has 20 heavy (non-hydrogen) atoms. The van der Waals surface area contributed by atoms with Gasteiger partial charge < -0.3 is 19.9 Å². The molecule has 108 valence electrons. The summed E-state index contributed by atoms with van der Waals surface area (Å²) in [7, 11) is 0. The Labute approximate surface area is 117 Å². The second-order valence-corrected chi connectivity index (χ2v) is 5.41. The third kappa shape index (κ3) is 2.64. The molecule has 5 heteroatoms. The molecule has 1 aliphatic heterocycles. The number of benzene rings is 1. The van der Waals surface area contributed by atoms with Gasteiger partial charge in [0.25, 0.3) is 0 Å². The Morgan fingerprint density at radius 1 is 1.25 bits per heavy atom. The number of carbonyl (C=O) groups is 1. The molecule has 2 atom stereocenters. The number of carboxylic acid groups (broad SMARTS) is 1. The van der Waals surface area contributed by atoms with Crippen LogP contribution < -0.4 is 5.32 Å². The van der Waals surface area contributed by atoms with Gasteiger partial charge in [0.05, 0.1) is 19.1 Å². The Morgan fingerprint density at radius 3 is 2.60 bits per heavy atom. The van der Waals surface area contributed by atoms with E-state index >= 15 is 0 Å². The van der Waals surface area contributed by atoms with Crippen molar-refractivity contribution in [1.29, 1.82) is 0 Å².